The first kappa shape index (κ1) is 24.2. The topological polar surface area (TPSA) is 0 Å². The predicted octanol–water partition coefficient (Wildman–Crippen LogP) is 11.2. The van der Waals surface area contributed by atoms with Crippen LogP contribution in [0.5, 0.6) is 0 Å². The second-order valence-electron chi connectivity index (χ2n) is 11.6. The molecule has 9 rings (SSSR count). The van der Waals surface area contributed by atoms with Gasteiger partial charge < -0.3 is 0 Å². The largest absolute Gasteiger partial charge is 0.0714 e. The van der Waals surface area contributed by atoms with Crippen molar-refractivity contribution in [2.75, 3.05) is 0 Å². The van der Waals surface area contributed by atoms with Gasteiger partial charge in [-0.3, -0.25) is 0 Å². The van der Waals surface area contributed by atoms with Gasteiger partial charge in [0.05, 0.1) is 5.41 Å². The molecule has 0 aliphatic heterocycles. The summed E-state index contributed by atoms with van der Waals surface area (Å²) >= 11 is 0. The van der Waals surface area contributed by atoms with Crippen molar-refractivity contribution in [2.45, 2.75) is 5.41 Å². The summed E-state index contributed by atoms with van der Waals surface area (Å²) < 4.78 is 0. The lowest BCUT2D eigenvalue weighted by atomic mass is 9.67. The number of hydrogen-bond donors (Lipinski definition) is 0. The van der Waals surface area contributed by atoms with E-state index in [2.05, 4.69) is 170 Å². The first-order chi connectivity index (χ1) is 21.3. The molecule has 200 valence electrons. The molecule has 0 saturated carbocycles. The van der Waals surface area contributed by atoms with Crippen LogP contribution in [-0.4, -0.2) is 0 Å². The van der Waals surface area contributed by atoms with Crippen molar-refractivity contribution in [3.8, 4) is 22.3 Å². The highest BCUT2D eigenvalue weighted by Gasteiger charge is 2.46. The Bertz CT molecular complexity index is 2290. The number of fused-ring (bicyclic) bond motifs is 8. The van der Waals surface area contributed by atoms with Gasteiger partial charge in [0.1, 0.15) is 0 Å². The molecule has 0 radical (unpaired) electrons. The van der Waals surface area contributed by atoms with E-state index in [-0.39, 0.29) is 0 Å². The van der Waals surface area contributed by atoms with Gasteiger partial charge in [0.15, 0.2) is 0 Å². The molecule has 0 saturated heterocycles. The van der Waals surface area contributed by atoms with Crippen LogP contribution in [0.25, 0.3) is 54.6 Å². The van der Waals surface area contributed by atoms with Crippen LogP contribution in [0.3, 0.4) is 0 Å². The molecule has 43 heavy (non-hydrogen) atoms. The minimum atomic E-state index is -0.445. The van der Waals surface area contributed by atoms with E-state index in [1.54, 1.807) is 0 Å². The third kappa shape index (κ3) is 3.38. The minimum Gasteiger partial charge on any atom is -0.0622 e. The van der Waals surface area contributed by atoms with E-state index in [9.17, 15) is 0 Å². The van der Waals surface area contributed by atoms with E-state index < -0.39 is 5.41 Å². The van der Waals surface area contributed by atoms with E-state index in [4.69, 9.17) is 0 Å². The van der Waals surface area contributed by atoms with Gasteiger partial charge in [0, 0.05) is 0 Å². The van der Waals surface area contributed by atoms with E-state index >= 15 is 0 Å². The standard InChI is InChI=1S/C43H28/c1-3-15-32(16-4-1)43(33-17-5-2-6-18-33)40-26-24-29-13-7-10-20-35(29)42(40)38-25-23-31(28-41(38)43)39-27-30-14-8-9-19-34(30)36-21-11-12-22-37(36)39/h1-28H. The van der Waals surface area contributed by atoms with Crippen molar-refractivity contribution in [1.29, 1.82) is 0 Å². The summed E-state index contributed by atoms with van der Waals surface area (Å²) in [6.45, 7) is 0. The van der Waals surface area contributed by atoms with E-state index in [1.165, 1.54) is 76.8 Å². The van der Waals surface area contributed by atoms with Crippen LogP contribution in [0, 0.1) is 0 Å². The van der Waals surface area contributed by atoms with Gasteiger partial charge in [0.25, 0.3) is 0 Å². The molecule has 0 unspecified atom stereocenters. The van der Waals surface area contributed by atoms with Crippen molar-refractivity contribution in [3.63, 3.8) is 0 Å². The lowest BCUT2D eigenvalue weighted by Crippen LogP contribution is -2.28. The summed E-state index contributed by atoms with van der Waals surface area (Å²) in [6.07, 6.45) is 0. The van der Waals surface area contributed by atoms with Crippen LogP contribution in [0.15, 0.2) is 170 Å². The second kappa shape index (κ2) is 9.28. The summed E-state index contributed by atoms with van der Waals surface area (Å²) in [5, 5.41) is 7.72. The van der Waals surface area contributed by atoms with E-state index in [0.717, 1.165) is 0 Å². The number of benzene rings is 8. The lowest BCUT2D eigenvalue weighted by molar-refractivity contribution is 0.769. The molecule has 0 heteroatoms. The molecule has 8 aromatic rings. The van der Waals surface area contributed by atoms with Crippen LogP contribution in [0.2, 0.25) is 0 Å². The van der Waals surface area contributed by atoms with Crippen molar-refractivity contribution < 1.29 is 0 Å². The van der Waals surface area contributed by atoms with Crippen molar-refractivity contribution in [2.24, 2.45) is 0 Å². The average Bonchev–Trinajstić information content (AvgIpc) is 3.39. The zero-order valence-corrected chi connectivity index (χ0v) is 23.7. The maximum absolute atomic E-state index is 2.49. The molecule has 1 aliphatic carbocycles. The first-order valence-electron chi connectivity index (χ1n) is 15.0. The van der Waals surface area contributed by atoms with Crippen molar-refractivity contribution in [1.82, 2.24) is 0 Å². The summed E-state index contributed by atoms with van der Waals surface area (Å²) in [5.41, 5.74) is 9.99. The van der Waals surface area contributed by atoms with Crippen molar-refractivity contribution in [3.05, 3.63) is 192 Å². The number of rotatable bonds is 3. The second-order valence-corrected chi connectivity index (χ2v) is 11.6. The molecule has 0 fully saturated rings. The summed E-state index contributed by atoms with van der Waals surface area (Å²) in [6, 6.07) is 62.9. The highest BCUT2D eigenvalue weighted by molar-refractivity contribution is 6.14. The van der Waals surface area contributed by atoms with Crippen LogP contribution < -0.4 is 0 Å². The quantitative estimate of drug-likeness (QED) is 0.194. The SMILES string of the molecule is c1ccc(C2(c3ccccc3)c3cc(-c4cc5ccccc5c5ccccc45)ccc3-c3c2ccc2ccccc32)cc1. The lowest BCUT2D eigenvalue weighted by Gasteiger charge is -2.34. The van der Waals surface area contributed by atoms with Crippen molar-refractivity contribution >= 4 is 32.3 Å². The van der Waals surface area contributed by atoms with Crippen LogP contribution in [-0.2, 0) is 5.41 Å². The molecule has 0 N–H and O–H groups in total. The fourth-order valence-corrected chi connectivity index (χ4v) is 7.72. The zero-order valence-electron chi connectivity index (χ0n) is 23.7. The fourth-order valence-electron chi connectivity index (χ4n) is 7.72. The number of hydrogen-bond acceptors (Lipinski definition) is 0. The van der Waals surface area contributed by atoms with Gasteiger partial charge in [-0.15, -0.1) is 0 Å². The molecule has 0 heterocycles. The maximum Gasteiger partial charge on any atom is 0.0714 e. The molecule has 0 nitrogen and oxygen atoms in total. The Balaban J connectivity index is 1.43. The maximum atomic E-state index is 2.49. The van der Waals surface area contributed by atoms with Gasteiger partial charge >= 0.3 is 0 Å². The van der Waals surface area contributed by atoms with E-state index in [0.29, 0.717) is 0 Å². The highest BCUT2D eigenvalue weighted by atomic mass is 14.5. The Morgan fingerprint density at radius 1 is 0.326 bits per heavy atom. The highest BCUT2D eigenvalue weighted by Crippen LogP contribution is 2.58. The Morgan fingerprint density at radius 3 is 1.63 bits per heavy atom. The molecule has 0 amide bonds. The first-order valence-corrected chi connectivity index (χ1v) is 15.0. The van der Waals surface area contributed by atoms with Crippen LogP contribution in [0.1, 0.15) is 22.3 Å². The molecule has 0 aromatic heterocycles. The normalized spacial score (nSPS) is 13.3. The Kier molecular flexibility index (Phi) is 5.21. The van der Waals surface area contributed by atoms with Crippen LogP contribution >= 0.6 is 0 Å². The summed E-state index contributed by atoms with van der Waals surface area (Å²) in [5.74, 6) is 0. The van der Waals surface area contributed by atoms with Crippen LogP contribution in [0.4, 0.5) is 0 Å². The molecule has 0 spiro atoms. The smallest absolute Gasteiger partial charge is 0.0622 e. The molecule has 8 aromatic carbocycles. The molecule has 0 bridgehead atoms. The minimum absolute atomic E-state index is 0.445. The van der Waals surface area contributed by atoms with Gasteiger partial charge in [-0.25, -0.2) is 0 Å². The predicted molar refractivity (Wildman–Crippen MR) is 182 cm³/mol. The zero-order chi connectivity index (χ0) is 28.4. The summed E-state index contributed by atoms with van der Waals surface area (Å²) in [7, 11) is 0. The third-order valence-corrected chi connectivity index (χ3v) is 9.52. The monoisotopic (exact) mass is 544 g/mol. The van der Waals surface area contributed by atoms with Gasteiger partial charge in [0.2, 0.25) is 0 Å². The van der Waals surface area contributed by atoms with Gasteiger partial charge in [-0.1, -0.05) is 158 Å². The van der Waals surface area contributed by atoms with Gasteiger partial charge in [-0.05, 0) is 89.0 Å². The molecular formula is C43H28. The fraction of sp³-hybridized carbons (Fsp3) is 0.0233. The third-order valence-electron chi connectivity index (χ3n) is 9.52. The molecule has 1 aliphatic rings. The summed E-state index contributed by atoms with van der Waals surface area (Å²) in [4.78, 5) is 0. The Morgan fingerprint density at radius 2 is 0.907 bits per heavy atom. The molecular weight excluding hydrogens is 516 g/mol. The Labute approximate surface area is 251 Å². The average molecular weight is 545 g/mol. The van der Waals surface area contributed by atoms with Gasteiger partial charge in [-0.2, -0.15) is 0 Å². The van der Waals surface area contributed by atoms with E-state index in [1.807, 2.05) is 0 Å². The molecule has 0 atom stereocenters. The Hall–Kier alpha value is -5.46.